The minimum absolute atomic E-state index is 0.0314. The predicted molar refractivity (Wildman–Crippen MR) is 133 cm³/mol. The van der Waals surface area contributed by atoms with Gasteiger partial charge in [-0.2, -0.15) is 21.0 Å². The molecule has 0 spiro atoms. The summed E-state index contributed by atoms with van der Waals surface area (Å²) in [5.74, 6) is 0. The van der Waals surface area contributed by atoms with E-state index in [9.17, 15) is 31.3 Å². The summed E-state index contributed by atoms with van der Waals surface area (Å²) >= 11 is 0. The molecule has 2 saturated heterocycles. The Morgan fingerprint density at radius 2 is 0.889 bits per heavy atom. The van der Waals surface area contributed by atoms with Gasteiger partial charge in [0, 0.05) is 65.4 Å². The number of allylic oxidation sites excluding steroid dienone is 2. The van der Waals surface area contributed by atoms with Crippen molar-refractivity contribution in [3.8, 4) is 24.3 Å². The minimum Gasteiger partial charge on any atom is -0.395 e. The maximum Gasteiger partial charge on any atom is 0.153 e. The van der Waals surface area contributed by atoms with Crippen molar-refractivity contribution in [1.82, 2.24) is 19.6 Å². The van der Waals surface area contributed by atoms with Crippen LogP contribution in [-0.2, 0) is 0 Å². The van der Waals surface area contributed by atoms with Gasteiger partial charge in [0.15, 0.2) is 11.1 Å². The lowest BCUT2D eigenvalue weighted by atomic mass is 10.00. The van der Waals surface area contributed by atoms with E-state index < -0.39 is 0 Å². The minimum atomic E-state index is 0.0314. The highest BCUT2D eigenvalue weighted by molar-refractivity contribution is 5.78. The Labute approximate surface area is 212 Å². The Morgan fingerprint density at radius 3 is 1.14 bits per heavy atom. The molecule has 0 aromatic heterocycles. The Morgan fingerprint density at radius 1 is 0.583 bits per heavy atom. The van der Waals surface area contributed by atoms with E-state index in [0.29, 0.717) is 50.7 Å². The third-order valence-corrected chi connectivity index (χ3v) is 6.56. The molecule has 10 heteroatoms. The van der Waals surface area contributed by atoms with E-state index in [1.165, 1.54) is 0 Å². The number of benzene rings is 1. The maximum atomic E-state index is 9.63. The highest BCUT2D eigenvalue weighted by Crippen LogP contribution is 2.29. The number of rotatable bonds is 8. The zero-order valence-electron chi connectivity index (χ0n) is 20.3. The van der Waals surface area contributed by atoms with Gasteiger partial charge in [-0.1, -0.05) is 24.3 Å². The Kier molecular flexibility index (Phi) is 9.83. The van der Waals surface area contributed by atoms with Gasteiger partial charge in [-0.05, 0) is 11.1 Å². The van der Waals surface area contributed by atoms with Crippen LogP contribution in [0.1, 0.15) is 11.1 Å². The normalized spacial score (nSPS) is 16.3. The Hall–Kier alpha value is -3.90. The van der Waals surface area contributed by atoms with Crippen molar-refractivity contribution in [3.05, 3.63) is 46.5 Å². The lowest BCUT2D eigenvalue weighted by molar-refractivity contribution is 0.142. The molecule has 0 bridgehead atoms. The number of nitriles is 4. The Bertz CT molecular complexity index is 1010. The SMILES string of the molecule is N#CC(C#N)=C(c1ccc(C(=C(C#N)C#N)N2CCN(CCO)CC2)cc1)N1CCN(CCO)CC1. The summed E-state index contributed by atoms with van der Waals surface area (Å²) in [7, 11) is 0. The van der Waals surface area contributed by atoms with Crippen molar-refractivity contribution < 1.29 is 10.2 Å². The number of aliphatic hydroxyl groups excluding tert-OH is 2. The molecule has 2 fully saturated rings. The first-order chi connectivity index (χ1) is 17.6. The second kappa shape index (κ2) is 13.3. The summed E-state index contributed by atoms with van der Waals surface area (Å²) in [6, 6.07) is 15.4. The van der Waals surface area contributed by atoms with Crippen LogP contribution in [0.25, 0.3) is 11.4 Å². The summed E-state index contributed by atoms with van der Waals surface area (Å²) < 4.78 is 0. The highest BCUT2D eigenvalue weighted by Gasteiger charge is 2.25. The fourth-order valence-corrected chi connectivity index (χ4v) is 4.69. The van der Waals surface area contributed by atoms with Crippen LogP contribution in [0.5, 0.6) is 0 Å². The van der Waals surface area contributed by atoms with E-state index in [1.54, 1.807) is 0 Å². The van der Waals surface area contributed by atoms with Gasteiger partial charge < -0.3 is 20.0 Å². The van der Waals surface area contributed by atoms with Crippen LogP contribution < -0.4 is 0 Å². The lowest BCUT2D eigenvalue weighted by Crippen LogP contribution is -2.46. The standard InChI is InChI=1S/C26H30N8O2/c27-17-23(18-28)25(33-9-5-31(6-10-33)13-15-35)21-1-2-22(4-3-21)26(24(19-29)20-30)34-11-7-32(8-12-34)14-16-36/h1-4,35-36H,5-16H2. The fourth-order valence-electron chi connectivity index (χ4n) is 4.69. The predicted octanol–water partition coefficient (Wildman–Crippen LogP) is 0.423. The van der Waals surface area contributed by atoms with Crippen LogP contribution in [0.3, 0.4) is 0 Å². The number of hydrogen-bond acceptors (Lipinski definition) is 10. The van der Waals surface area contributed by atoms with Gasteiger partial charge in [0.1, 0.15) is 24.3 Å². The van der Waals surface area contributed by atoms with Crippen LogP contribution >= 0.6 is 0 Å². The molecule has 2 heterocycles. The molecule has 2 aliphatic rings. The molecule has 0 atom stereocenters. The van der Waals surface area contributed by atoms with Crippen molar-refractivity contribution >= 4 is 11.4 Å². The quantitative estimate of drug-likeness (QED) is 0.495. The number of nitrogens with zero attached hydrogens (tertiary/aromatic N) is 8. The zero-order valence-corrected chi connectivity index (χ0v) is 20.3. The average molecular weight is 487 g/mol. The molecule has 3 rings (SSSR count). The summed E-state index contributed by atoms with van der Waals surface area (Å²) in [5.41, 5.74) is 2.64. The van der Waals surface area contributed by atoms with Gasteiger partial charge in [0.2, 0.25) is 0 Å². The number of β-amino-alcohol motifs (C(OH)–C–C–N with tert-alkyl or cyclic N) is 2. The third-order valence-electron chi connectivity index (χ3n) is 6.56. The molecular formula is C26H30N8O2. The third kappa shape index (κ3) is 6.20. The van der Waals surface area contributed by atoms with Crippen LogP contribution in [0.15, 0.2) is 35.4 Å². The highest BCUT2D eigenvalue weighted by atomic mass is 16.3. The first-order valence-electron chi connectivity index (χ1n) is 12.0. The Balaban J connectivity index is 1.91. The van der Waals surface area contributed by atoms with Gasteiger partial charge in [0.05, 0.1) is 24.6 Å². The summed E-state index contributed by atoms with van der Waals surface area (Å²) in [4.78, 5) is 8.33. The summed E-state index contributed by atoms with van der Waals surface area (Å²) in [6.45, 7) is 6.73. The molecule has 186 valence electrons. The summed E-state index contributed by atoms with van der Waals surface area (Å²) in [6.07, 6.45) is 0. The second-order valence-electron chi connectivity index (χ2n) is 8.58. The van der Waals surface area contributed by atoms with Gasteiger partial charge in [-0.3, -0.25) is 9.80 Å². The molecule has 1 aromatic rings. The van der Waals surface area contributed by atoms with Crippen molar-refractivity contribution in [2.45, 2.75) is 0 Å². The van der Waals surface area contributed by atoms with Crippen molar-refractivity contribution in [2.24, 2.45) is 0 Å². The first-order valence-corrected chi connectivity index (χ1v) is 12.0. The monoisotopic (exact) mass is 486 g/mol. The lowest BCUT2D eigenvalue weighted by Gasteiger charge is -2.38. The van der Waals surface area contributed by atoms with E-state index in [4.69, 9.17) is 0 Å². The first kappa shape index (κ1) is 26.7. The molecule has 0 radical (unpaired) electrons. The molecule has 0 unspecified atom stereocenters. The van der Waals surface area contributed by atoms with E-state index >= 15 is 0 Å². The molecule has 10 nitrogen and oxygen atoms in total. The number of aliphatic hydroxyl groups is 2. The molecule has 2 aliphatic heterocycles. The van der Waals surface area contributed by atoms with E-state index in [0.717, 1.165) is 37.3 Å². The molecule has 1 aromatic carbocycles. The zero-order chi connectivity index (χ0) is 25.9. The van der Waals surface area contributed by atoms with Crippen LogP contribution in [0.2, 0.25) is 0 Å². The van der Waals surface area contributed by atoms with Crippen molar-refractivity contribution in [2.75, 3.05) is 78.7 Å². The summed E-state index contributed by atoms with van der Waals surface area (Å²) in [5, 5.41) is 56.9. The van der Waals surface area contributed by atoms with Gasteiger partial charge in [-0.15, -0.1) is 0 Å². The molecular weight excluding hydrogens is 456 g/mol. The van der Waals surface area contributed by atoms with Gasteiger partial charge in [0.25, 0.3) is 0 Å². The van der Waals surface area contributed by atoms with Crippen LogP contribution in [0, 0.1) is 45.3 Å². The van der Waals surface area contributed by atoms with Gasteiger partial charge >= 0.3 is 0 Å². The van der Waals surface area contributed by atoms with Crippen molar-refractivity contribution in [1.29, 1.82) is 21.0 Å². The maximum absolute atomic E-state index is 9.63. The topological polar surface area (TPSA) is 149 Å². The average Bonchev–Trinajstić information content (AvgIpc) is 2.92. The van der Waals surface area contributed by atoms with Crippen LogP contribution in [0.4, 0.5) is 0 Å². The largest absolute Gasteiger partial charge is 0.395 e. The molecule has 2 N–H and O–H groups in total. The van der Waals surface area contributed by atoms with Crippen molar-refractivity contribution in [3.63, 3.8) is 0 Å². The van der Waals surface area contributed by atoms with E-state index in [-0.39, 0.29) is 24.4 Å². The van der Waals surface area contributed by atoms with Crippen LogP contribution in [-0.4, -0.2) is 108 Å². The van der Waals surface area contributed by atoms with Gasteiger partial charge in [-0.25, -0.2) is 0 Å². The molecule has 36 heavy (non-hydrogen) atoms. The van der Waals surface area contributed by atoms with E-state index in [1.807, 2.05) is 58.3 Å². The number of piperazine rings is 2. The second-order valence-corrected chi connectivity index (χ2v) is 8.58. The van der Waals surface area contributed by atoms with E-state index in [2.05, 4.69) is 9.80 Å². The number of hydrogen-bond donors (Lipinski definition) is 2. The molecule has 0 saturated carbocycles. The smallest absolute Gasteiger partial charge is 0.153 e. The molecule has 0 amide bonds. The fraction of sp³-hybridized carbons (Fsp3) is 0.462. The molecule has 0 aliphatic carbocycles.